The Hall–Kier alpha value is -3.03. The lowest BCUT2D eigenvalue weighted by molar-refractivity contribution is 0.303. The molecule has 1 aliphatic rings. The van der Waals surface area contributed by atoms with E-state index in [-0.39, 0.29) is 12.6 Å². The van der Waals surface area contributed by atoms with E-state index in [0.29, 0.717) is 5.69 Å². The van der Waals surface area contributed by atoms with E-state index in [0.717, 1.165) is 24.9 Å². The van der Waals surface area contributed by atoms with Gasteiger partial charge in [0.1, 0.15) is 5.69 Å². The normalized spacial score (nSPS) is 14.5. The van der Waals surface area contributed by atoms with Gasteiger partial charge in [-0.2, -0.15) is 15.0 Å². The monoisotopic (exact) mass is 324 g/mol. The van der Waals surface area contributed by atoms with Crippen LogP contribution in [0.4, 0.5) is 0 Å². The highest BCUT2D eigenvalue weighted by Gasteiger charge is 2.21. The van der Waals surface area contributed by atoms with Crippen molar-refractivity contribution < 1.29 is 0 Å². The molecule has 1 saturated carbocycles. The van der Waals surface area contributed by atoms with Gasteiger partial charge >= 0.3 is 11.1 Å². The molecule has 0 N–H and O–H groups in total. The SMILES string of the molecule is O=c1c(=O)n(C2CCC2)ccn1Cc1ccc(-n2nccn2)cn1. The molecule has 0 aromatic carbocycles. The molecule has 0 aliphatic heterocycles. The largest absolute Gasteiger partial charge is 0.316 e. The van der Waals surface area contributed by atoms with E-state index in [1.165, 1.54) is 9.36 Å². The number of hydrogen-bond donors (Lipinski definition) is 0. The van der Waals surface area contributed by atoms with E-state index in [1.54, 1.807) is 41.6 Å². The summed E-state index contributed by atoms with van der Waals surface area (Å²) in [5.74, 6) is 0. The molecule has 3 aromatic heterocycles. The molecule has 24 heavy (non-hydrogen) atoms. The summed E-state index contributed by atoms with van der Waals surface area (Å²) in [6.45, 7) is 0.256. The van der Waals surface area contributed by atoms with Crippen LogP contribution in [0.3, 0.4) is 0 Å². The van der Waals surface area contributed by atoms with Gasteiger partial charge in [0.2, 0.25) is 0 Å². The van der Waals surface area contributed by atoms with E-state index in [2.05, 4.69) is 15.2 Å². The molecule has 4 rings (SSSR count). The number of rotatable bonds is 4. The molecular weight excluding hydrogens is 308 g/mol. The maximum atomic E-state index is 12.3. The fourth-order valence-electron chi connectivity index (χ4n) is 2.75. The summed E-state index contributed by atoms with van der Waals surface area (Å²) in [4.78, 5) is 30.3. The first kappa shape index (κ1) is 14.6. The average Bonchev–Trinajstić information content (AvgIpc) is 3.08. The Morgan fingerprint density at radius 3 is 2.46 bits per heavy atom. The van der Waals surface area contributed by atoms with E-state index < -0.39 is 11.1 Å². The van der Waals surface area contributed by atoms with Gasteiger partial charge in [0, 0.05) is 18.4 Å². The van der Waals surface area contributed by atoms with Crippen molar-refractivity contribution in [2.45, 2.75) is 31.8 Å². The van der Waals surface area contributed by atoms with Crippen LogP contribution in [0.1, 0.15) is 31.0 Å². The molecule has 8 nitrogen and oxygen atoms in total. The van der Waals surface area contributed by atoms with Crippen molar-refractivity contribution in [1.82, 2.24) is 29.1 Å². The molecule has 0 spiro atoms. The Kier molecular flexibility index (Phi) is 3.56. The third-order valence-electron chi connectivity index (χ3n) is 4.34. The minimum Gasteiger partial charge on any atom is -0.306 e. The summed E-state index contributed by atoms with van der Waals surface area (Å²) >= 11 is 0. The smallest absolute Gasteiger partial charge is 0.306 e. The standard InChI is InChI=1S/C16H16N6O2/c23-15-16(24)21(13-2-1-3-13)9-8-20(15)11-12-4-5-14(10-17-12)22-18-6-7-19-22/h4-10,13H,1-3,11H2. The van der Waals surface area contributed by atoms with Gasteiger partial charge in [-0.15, -0.1) is 0 Å². The first-order chi connectivity index (χ1) is 11.7. The highest BCUT2D eigenvalue weighted by atomic mass is 16.2. The molecule has 122 valence electrons. The fraction of sp³-hybridized carbons (Fsp3) is 0.312. The van der Waals surface area contributed by atoms with Gasteiger partial charge in [0.05, 0.1) is 30.8 Å². The zero-order valence-corrected chi connectivity index (χ0v) is 12.9. The quantitative estimate of drug-likeness (QED) is 0.661. The lowest BCUT2D eigenvalue weighted by atomic mass is 9.93. The van der Waals surface area contributed by atoms with Crippen LogP contribution in [0.15, 0.2) is 52.7 Å². The van der Waals surface area contributed by atoms with Crippen LogP contribution in [-0.4, -0.2) is 29.1 Å². The second kappa shape index (κ2) is 5.88. The van der Waals surface area contributed by atoms with E-state index in [4.69, 9.17) is 0 Å². The fourth-order valence-corrected chi connectivity index (χ4v) is 2.75. The third-order valence-corrected chi connectivity index (χ3v) is 4.34. The average molecular weight is 324 g/mol. The predicted octanol–water partition coefficient (Wildman–Crippen LogP) is 0.759. The van der Waals surface area contributed by atoms with Crippen molar-refractivity contribution in [3.8, 4) is 5.69 Å². The van der Waals surface area contributed by atoms with Gasteiger partial charge in [0.25, 0.3) is 0 Å². The van der Waals surface area contributed by atoms with Crippen LogP contribution in [-0.2, 0) is 6.54 Å². The van der Waals surface area contributed by atoms with Crippen LogP contribution >= 0.6 is 0 Å². The highest BCUT2D eigenvalue weighted by molar-refractivity contribution is 5.26. The van der Waals surface area contributed by atoms with Gasteiger partial charge in [-0.05, 0) is 31.4 Å². The van der Waals surface area contributed by atoms with Crippen molar-refractivity contribution in [1.29, 1.82) is 0 Å². The molecule has 0 saturated heterocycles. The third kappa shape index (κ3) is 2.55. The maximum Gasteiger partial charge on any atom is 0.316 e. The lowest BCUT2D eigenvalue weighted by Crippen LogP contribution is -2.43. The zero-order chi connectivity index (χ0) is 16.5. The molecule has 0 unspecified atom stereocenters. The topological polar surface area (TPSA) is 87.6 Å². The zero-order valence-electron chi connectivity index (χ0n) is 12.9. The van der Waals surface area contributed by atoms with Crippen molar-refractivity contribution in [3.05, 3.63) is 69.5 Å². The van der Waals surface area contributed by atoms with Crippen molar-refractivity contribution in [2.24, 2.45) is 0 Å². The second-order valence-electron chi connectivity index (χ2n) is 5.85. The molecule has 3 heterocycles. The molecule has 8 heteroatoms. The lowest BCUT2D eigenvalue weighted by Gasteiger charge is -2.27. The van der Waals surface area contributed by atoms with E-state index in [9.17, 15) is 9.59 Å². The van der Waals surface area contributed by atoms with Crippen LogP contribution < -0.4 is 11.1 Å². The first-order valence-corrected chi connectivity index (χ1v) is 7.85. The Labute approximate surface area is 137 Å². The molecule has 0 radical (unpaired) electrons. The summed E-state index contributed by atoms with van der Waals surface area (Å²) in [5, 5.41) is 8.06. The summed E-state index contributed by atoms with van der Waals surface area (Å²) < 4.78 is 2.95. The number of aromatic nitrogens is 6. The van der Waals surface area contributed by atoms with Crippen LogP contribution in [0, 0.1) is 0 Å². The summed E-state index contributed by atoms with van der Waals surface area (Å²) in [6.07, 6.45) is 11.2. The van der Waals surface area contributed by atoms with Crippen LogP contribution in [0.5, 0.6) is 0 Å². The van der Waals surface area contributed by atoms with E-state index >= 15 is 0 Å². The Balaban J connectivity index is 1.58. The summed E-state index contributed by atoms with van der Waals surface area (Å²) in [7, 11) is 0. The highest BCUT2D eigenvalue weighted by Crippen LogP contribution is 2.29. The van der Waals surface area contributed by atoms with Crippen molar-refractivity contribution >= 4 is 0 Å². The maximum absolute atomic E-state index is 12.3. The van der Waals surface area contributed by atoms with Gasteiger partial charge in [-0.25, -0.2) is 0 Å². The molecular formula is C16H16N6O2. The second-order valence-corrected chi connectivity index (χ2v) is 5.85. The number of nitrogens with zero attached hydrogens (tertiary/aromatic N) is 6. The molecule has 1 fully saturated rings. The first-order valence-electron chi connectivity index (χ1n) is 7.85. The number of hydrogen-bond acceptors (Lipinski definition) is 5. The van der Waals surface area contributed by atoms with Crippen molar-refractivity contribution in [3.63, 3.8) is 0 Å². The Morgan fingerprint density at radius 2 is 1.83 bits per heavy atom. The van der Waals surface area contributed by atoms with Gasteiger partial charge in [-0.1, -0.05) is 0 Å². The summed E-state index contributed by atoms with van der Waals surface area (Å²) in [5.41, 5.74) is 0.453. The minimum absolute atomic E-state index is 0.179. The molecule has 0 atom stereocenters. The van der Waals surface area contributed by atoms with Gasteiger partial charge in [-0.3, -0.25) is 14.6 Å². The van der Waals surface area contributed by atoms with Gasteiger partial charge < -0.3 is 9.13 Å². The van der Waals surface area contributed by atoms with Crippen LogP contribution in [0.25, 0.3) is 5.69 Å². The Bertz CT molecular complexity index is 951. The molecule has 0 amide bonds. The number of pyridine rings is 1. The van der Waals surface area contributed by atoms with Gasteiger partial charge in [0.15, 0.2) is 0 Å². The molecule has 1 aliphatic carbocycles. The Morgan fingerprint density at radius 1 is 1.04 bits per heavy atom. The molecule has 0 bridgehead atoms. The summed E-state index contributed by atoms with van der Waals surface area (Å²) in [6, 6.07) is 3.80. The van der Waals surface area contributed by atoms with Crippen LogP contribution in [0.2, 0.25) is 0 Å². The van der Waals surface area contributed by atoms with E-state index in [1.807, 2.05) is 6.07 Å². The molecule has 3 aromatic rings. The predicted molar refractivity (Wildman–Crippen MR) is 86.1 cm³/mol. The van der Waals surface area contributed by atoms with Crippen molar-refractivity contribution in [2.75, 3.05) is 0 Å². The minimum atomic E-state index is -0.510.